The summed E-state index contributed by atoms with van der Waals surface area (Å²) in [7, 11) is 0. The molecule has 6 nitrogen and oxygen atoms in total. The number of allylic oxidation sites excluding steroid dienone is 1. The van der Waals surface area contributed by atoms with Crippen molar-refractivity contribution in [1.29, 1.82) is 0 Å². The minimum Gasteiger partial charge on any atom is -0.398 e. The predicted octanol–water partition coefficient (Wildman–Crippen LogP) is 4.59. The molecule has 154 valence electrons. The molecule has 0 aliphatic carbocycles. The second kappa shape index (κ2) is 10.1. The first kappa shape index (κ1) is 21.6. The van der Waals surface area contributed by atoms with E-state index in [1.165, 1.54) is 0 Å². The van der Waals surface area contributed by atoms with Crippen molar-refractivity contribution in [1.82, 2.24) is 20.2 Å². The van der Waals surface area contributed by atoms with Gasteiger partial charge in [0.1, 0.15) is 5.82 Å². The van der Waals surface area contributed by atoms with Crippen LogP contribution in [0.1, 0.15) is 42.2 Å². The standard InChI is InChI=1S/C23H25ClN6/c1-4-21-19(14-27-23(5-2)28-21)22-12-18(15(3)29-30-22)20(25)10-11-26-13-16-6-8-17(24)9-7-16/h6-12,14H,4-5,13,25H2,1-3H3. The summed E-state index contributed by atoms with van der Waals surface area (Å²) in [5.41, 5.74) is 12.1. The van der Waals surface area contributed by atoms with E-state index in [9.17, 15) is 0 Å². The van der Waals surface area contributed by atoms with Gasteiger partial charge in [-0.15, -0.1) is 0 Å². The first-order valence-corrected chi connectivity index (χ1v) is 10.3. The zero-order valence-corrected chi connectivity index (χ0v) is 18.2. The number of nitrogens with two attached hydrogens (primary N) is 1. The van der Waals surface area contributed by atoms with Gasteiger partial charge < -0.3 is 5.73 Å². The third kappa shape index (κ3) is 5.27. The molecule has 7 heteroatoms. The van der Waals surface area contributed by atoms with Crippen LogP contribution in [0.4, 0.5) is 0 Å². The third-order valence-electron chi connectivity index (χ3n) is 4.68. The molecule has 2 aromatic heterocycles. The molecule has 0 saturated carbocycles. The topological polar surface area (TPSA) is 89.9 Å². The van der Waals surface area contributed by atoms with Gasteiger partial charge in [0.05, 0.1) is 23.6 Å². The number of nitrogens with zero attached hydrogens (tertiary/aromatic N) is 5. The normalized spacial score (nSPS) is 11.9. The lowest BCUT2D eigenvalue weighted by Crippen LogP contribution is -2.06. The summed E-state index contributed by atoms with van der Waals surface area (Å²) in [5.74, 6) is 0.826. The summed E-state index contributed by atoms with van der Waals surface area (Å²) < 4.78 is 0. The van der Waals surface area contributed by atoms with E-state index in [1.807, 2.05) is 50.4 Å². The quantitative estimate of drug-likeness (QED) is 0.564. The largest absolute Gasteiger partial charge is 0.398 e. The van der Waals surface area contributed by atoms with Gasteiger partial charge in [0.25, 0.3) is 0 Å². The molecular formula is C23H25ClN6. The summed E-state index contributed by atoms with van der Waals surface area (Å²) in [6.45, 7) is 6.55. The monoisotopic (exact) mass is 420 g/mol. The molecule has 2 N–H and O–H groups in total. The lowest BCUT2D eigenvalue weighted by Gasteiger charge is -2.10. The maximum absolute atomic E-state index is 6.31. The van der Waals surface area contributed by atoms with E-state index in [1.54, 1.807) is 12.3 Å². The van der Waals surface area contributed by atoms with Crippen LogP contribution in [0.5, 0.6) is 0 Å². The number of hydrogen-bond acceptors (Lipinski definition) is 6. The number of benzene rings is 1. The maximum atomic E-state index is 6.31. The van der Waals surface area contributed by atoms with Crippen LogP contribution in [0.15, 0.2) is 47.6 Å². The average molecular weight is 421 g/mol. The number of aliphatic imine (C=N–C) groups is 1. The lowest BCUT2D eigenvalue weighted by atomic mass is 10.1. The highest BCUT2D eigenvalue weighted by Crippen LogP contribution is 2.23. The summed E-state index contributed by atoms with van der Waals surface area (Å²) in [6.07, 6.45) is 6.89. The molecule has 30 heavy (non-hydrogen) atoms. The Morgan fingerprint density at radius 1 is 1.13 bits per heavy atom. The van der Waals surface area contributed by atoms with Gasteiger partial charge in [0.2, 0.25) is 0 Å². The molecule has 3 rings (SSSR count). The fraction of sp³-hybridized carbons (Fsp3) is 0.261. The minimum atomic E-state index is 0.556. The zero-order chi connectivity index (χ0) is 21.5. The highest BCUT2D eigenvalue weighted by Gasteiger charge is 2.12. The highest BCUT2D eigenvalue weighted by atomic mass is 35.5. The van der Waals surface area contributed by atoms with Crippen LogP contribution in [-0.2, 0) is 19.4 Å². The molecule has 0 saturated heterocycles. The van der Waals surface area contributed by atoms with Gasteiger partial charge in [-0.2, -0.15) is 10.2 Å². The third-order valence-corrected chi connectivity index (χ3v) is 4.93. The minimum absolute atomic E-state index is 0.556. The van der Waals surface area contributed by atoms with E-state index in [4.69, 9.17) is 17.3 Å². The van der Waals surface area contributed by atoms with Gasteiger partial charge in [-0.3, -0.25) is 4.99 Å². The molecule has 0 fully saturated rings. The molecule has 0 atom stereocenters. The number of rotatable bonds is 7. The van der Waals surface area contributed by atoms with Gasteiger partial charge in [0, 0.05) is 40.7 Å². The van der Waals surface area contributed by atoms with E-state index in [2.05, 4.69) is 32.1 Å². The molecule has 2 heterocycles. The SMILES string of the molecule is CCc1ncc(-c2cc(C(N)=CC=NCc3ccc(Cl)cc3)c(C)nn2)c(CC)n1. The van der Waals surface area contributed by atoms with Crippen LogP contribution < -0.4 is 5.73 Å². The van der Waals surface area contributed by atoms with Gasteiger partial charge in [-0.1, -0.05) is 37.6 Å². The van der Waals surface area contributed by atoms with Crippen molar-refractivity contribution in [2.45, 2.75) is 40.2 Å². The molecule has 0 radical (unpaired) electrons. The van der Waals surface area contributed by atoms with Gasteiger partial charge >= 0.3 is 0 Å². The highest BCUT2D eigenvalue weighted by molar-refractivity contribution is 6.30. The maximum Gasteiger partial charge on any atom is 0.128 e. The summed E-state index contributed by atoms with van der Waals surface area (Å²) in [4.78, 5) is 13.5. The summed E-state index contributed by atoms with van der Waals surface area (Å²) >= 11 is 5.90. The fourth-order valence-electron chi connectivity index (χ4n) is 2.96. The van der Waals surface area contributed by atoms with E-state index in [-0.39, 0.29) is 0 Å². The number of aromatic nitrogens is 4. The Bertz CT molecular complexity index is 1070. The summed E-state index contributed by atoms with van der Waals surface area (Å²) in [6, 6.07) is 9.54. The molecule has 0 aliphatic rings. The van der Waals surface area contributed by atoms with Crippen molar-refractivity contribution in [3.05, 3.63) is 76.0 Å². The second-order valence-corrected chi connectivity index (χ2v) is 7.26. The molecule has 3 aromatic rings. The summed E-state index contributed by atoms with van der Waals surface area (Å²) in [5, 5.41) is 9.35. The van der Waals surface area contributed by atoms with Crippen molar-refractivity contribution in [3.8, 4) is 11.3 Å². The van der Waals surface area contributed by atoms with Crippen LogP contribution in [-0.4, -0.2) is 26.4 Å². The molecule has 0 bridgehead atoms. The second-order valence-electron chi connectivity index (χ2n) is 6.82. The average Bonchev–Trinajstić information content (AvgIpc) is 2.77. The Morgan fingerprint density at radius 3 is 2.60 bits per heavy atom. The molecule has 0 unspecified atom stereocenters. The van der Waals surface area contributed by atoms with Crippen molar-refractivity contribution < 1.29 is 0 Å². The van der Waals surface area contributed by atoms with Crippen LogP contribution >= 0.6 is 11.6 Å². The fourth-order valence-corrected chi connectivity index (χ4v) is 3.09. The van der Waals surface area contributed by atoms with Crippen LogP contribution in [0.25, 0.3) is 17.0 Å². The van der Waals surface area contributed by atoms with Crippen LogP contribution in [0.3, 0.4) is 0 Å². The lowest BCUT2D eigenvalue weighted by molar-refractivity contribution is 0.884. The van der Waals surface area contributed by atoms with Gasteiger partial charge in [-0.25, -0.2) is 9.97 Å². The van der Waals surface area contributed by atoms with E-state index >= 15 is 0 Å². The van der Waals surface area contributed by atoms with Gasteiger partial charge in [0.15, 0.2) is 0 Å². The Kier molecular flexibility index (Phi) is 7.25. The van der Waals surface area contributed by atoms with E-state index in [0.29, 0.717) is 23.0 Å². The molecule has 0 aliphatic heterocycles. The van der Waals surface area contributed by atoms with Crippen LogP contribution in [0.2, 0.25) is 5.02 Å². The van der Waals surface area contributed by atoms with Crippen molar-refractivity contribution >= 4 is 23.5 Å². The number of halogens is 1. The van der Waals surface area contributed by atoms with Crippen LogP contribution in [0, 0.1) is 6.92 Å². The van der Waals surface area contributed by atoms with Crippen molar-refractivity contribution in [2.24, 2.45) is 10.7 Å². The Hall–Kier alpha value is -3.12. The van der Waals surface area contributed by atoms with Crippen molar-refractivity contribution in [3.63, 3.8) is 0 Å². The molecule has 1 aromatic carbocycles. The van der Waals surface area contributed by atoms with E-state index in [0.717, 1.165) is 46.7 Å². The van der Waals surface area contributed by atoms with E-state index < -0.39 is 0 Å². The van der Waals surface area contributed by atoms with Gasteiger partial charge in [-0.05, 0) is 43.2 Å². The predicted molar refractivity (Wildman–Crippen MR) is 122 cm³/mol. The van der Waals surface area contributed by atoms with Crippen molar-refractivity contribution in [2.75, 3.05) is 0 Å². The number of aryl methyl sites for hydroxylation is 3. The molecule has 0 amide bonds. The Labute approximate surface area is 182 Å². The smallest absolute Gasteiger partial charge is 0.128 e. The zero-order valence-electron chi connectivity index (χ0n) is 17.4. The Morgan fingerprint density at radius 2 is 1.90 bits per heavy atom. The Balaban J connectivity index is 1.83. The molecule has 0 spiro atoms. The first-order chi connectivity index (χ1) is 14.5. The number of hydrogen-bond donors (Lipinski definition) is 1. The first-order valence-electron chi connectivity index (χ1n) is 9.91. The molecular weight excluding hydrogens is 396 g/mol.